The zero-order chi connectivity index (χ0) is 21.7. The summed E-state index contributed by atoms with van der Waals surface area (Å²) < 4.78 is 29.6. The van der Waals surface area contributed by atoms with Gasteiger partial charge in [-0.3, -0.25) is 4.79 Å². The number of benzene rings is 2. The van der Waals surface area contributed by atoms with E-state index in [-0.39, 0.29) is 0 Å². The molecular formula is C21H24N2O6S. The minimum absolute atomic E-state index is 0.326. The van der Waals surface area contributed by atoms with Crippen LogP contribution < -0.4 is 23.7 Å². The lowest BCUT2D eigenvalue weighted by atomic mass is 10.1. The van der Waals surface area contributed by atoms with E-state index in [0.29, 0.717) is 46.5 Å². The summed E-state index contributed by atoms with van der Waals surface area (Å²) in [6.07, 6.45) is 0. The average Bonchev–Trinajstić information content (AvgIpc) is 3.13. The molecule has 30 heavy (non-hydrogen) atoms. The molecule has 0 aliphatic rings. The molecule has 160 valence electrons. The summed E-state index contributed by atoms with van der Waals surface area (Å²) in [4.78, 5) is 17.9. The highest BCUT2D eigenvalue weighted by Gasteiger charge is 2.18. The smallest absolute Gasteiger partial charge is 0.279 e. The molecule has 0 N–H and O–H groups in total. The Labute approximate surface area is 178 Å². The van der Waals surface area contributed by atoms with Crippen LogP contribution in [0.4, 0.5) is 0 Å². The molecule has 3 rings (SSSR count). The predicted molar refractivity (Wildman–Crippen MR) is 114 cm³/mol. The van der Waals surface area contributed by atoms with E-state index in [0.717, 1.165) is 10.2 Å². The molecule has 0 aliphatic heterocycles. The molecule has 0 fully saturated rings. The molecule has 2 aromatic carbocycles. The number of hydrogen-bond acceptors (Lipinski definition) is 7. The van der Waals surface area contributed by atoms with Crippen molar-refractivity contribution in [2.75, 3.05) is 42.2 Å². The molecule has 1 aromatic heterocycles. The normalized spacial score (nSPS) is 11.6. The number of amides is 1. The maximum atomic E-state index is 13.0. The number of carbonyl (C=O) groups excluding carboxylic acids is 1. The van der Waals surface area contributed by atoms with Crippen molar-refractivity contribution in [3.63, 3.8) is 0 Å². The van der Waals surface area contributed by atoms with Gasteiger partial charge in [-0.1, -0.05) is 17.4 Å². The molecule has 3 aromatic rings. The summed E-state index contributed by atoms with van der Waals surface area (Å²) in [7, 11) is 7.75. The Morgan fingerprint density at radius 2 is 1.63 bits per heavy atom. The second-order valence-corrected chi connectivity index (χ2v) is 7.18. The van der Waals surface area contributed by atoms with Crippen LogP contribution in [-0.2, 0) is 11.3 Å². The van der Waals surface area contributed by atoms with Crippen molar-refractivity contribution in [2.45, 2.75) is 6.54 Å². The van der Waals surface area contributed by atoms with E-state index in [1.165, 1.54) is 32.7 Å². The first-order valence-corrected chi connectivity index (χ1v) is 9.93. The van der Waals surface area contributed by atoms with Gasteiger partial charge in [0.15, 0.2) is 16.3 Å². The van der Waals surface area contributed by atoms with E-state index in [1.807, 2.05) is 22.8 Å². The molecule has 0 atom stereocenters. The fourth-order valence-corrected chi connectivity index (χ4v) is 4.17. The van der Waals surface area contributed by atoms with Crippen molar-refractivity contribution in [1.29, 1.82) is 0 Å². The number of ether oxygens (including phenoxy) is 5. The summed E-state index contributed by atoms with van der Waals surface area (Å²) in [5.41, 5.74) is 1.20. The summed E-state index contributed by atoms with van der Waals surface area (Å²) in [5.74, 6) is 1.48. The molecule has 0 bridgehead atoms. The highest BCUT2D eigenvalue weighted by molar-refractivity contribution is 7.16. The first-order chi connectivity index (χ1) is 14.6. The Bertz CT molecular complexity index is 1090. The Hall–Kier alpha value is -3.04. The van der Waals surface area contributed by atoms with Gasteiger partial charge >= 0.3 is 0 Å². The highest BCUT2D eigenvalue weighted by Crippen LogP contribution is 2.38. The van der Waals surface area contributed by atoms with Crippen LogP contribution in [0.5, 0.6) is 23.0 Å². The van der Waals surface area contributed by atoms with Crippen LogP contribution in [0.25, 0.3) is 10.2 Å². The van der Waals surface area contributed by atoms with Gasteiger partial charge in [-0.2, -0.15) is 4.99 Å². The molecule has 0 saturated carbocycles. The number of para-hydroxylation sites is 1. The first-order valence-electron chi connectivity index (χ1n) is 9.12. The van der Waals surface area contributed by atoms with Crippen molar-refractivity contribution >= 4 is 27.5 Å². The van der Waals surface area contributed by atoms with Crippen molar-refractivity contribution in [1.82, 2.24) is 4.57 Å². The number of hydrogen-bond donors (Lipinski definition) is 0. The predicted octanol–water partition coefficient (Wildman–Crippen LogP) is 3.12. The minimum Gasteiger partial charge on any atom is -0.495 e. The van der Waals surface area contributed by atoms with Crippen molar-refractivity contribution in [3.05, 3.63) is 40.7 Å². The van der Waals surface area contributed by atoms with Crippen LogP contribution in [0.2, 0.25) is 0 Å². The van der Waals surface area contributed by atoms with Crippen molar-refractivity contribution < 1.29 is 28.5 Å². The van der Waals surface area contributed by atoms with Crippen LogP contribution in [0.1, 0.15) is 10.4 Å². The van der Waals surface area contributed by atoms with E-state index < -0.39 is 5.91 Å². The number of aromatic nitrogens is 1. The lowest BCUT2D eigenvalue weighted by Crippen LogP contribution is -2.19. The third-order valence-electron chi connectivity index (χ3n) is 4.51. The monoisotopic (exact) mass is 432 g/mol. The van der Waals surface area contributed by atoms with Gasteiger partial charge in [0, 0.05) is 19.2 Å². The van der Waals surface area contributed by atoms with Crippen molar-refractivity contribution in [2.24, 2.45) is 4.99 Å². The second kappa shape index (κ2) is 9.64. The van der Waals surface area contributed by atoms with Crippen LogP contribution in [0.15, 0.2) is 35.3 Å². The van der Waals surface area contributed by atoms with Gasteiger partial charge in [0.25, 0.3) is 5.91 Å². The van der Waals surface area contributed by atoms with Gasteiger partial charge in [0.2, 0.25) is 5.75 Å². The SMILES string of the molecule is COCCn1c(=NC(=O)c2cc(OC)c(OC)c(OC)c2)sc2cccc(OC)c21. The molecule has 8 nitrogen and oxygen atoms in total. The molecule has 9 heteroatoms. The van der Waals surface area contributed by atoms with E-state index in [1.54, 1.807) is 26.4 Å². The third-order valence-corrected chi connectivity index (χ3v) is 5.56. The largest absolute Gasteiger partial charge is 0.495 e. The average molecular weight is 432 g/mol. The fourth-order valence-electron chi connectivity index (χ4n) is 3.09. The van der Waals surface area contributed by atoms with Crippen LogP contribution in [0, 0.1) is 0 Å². The first kappa shape index (κ1) is 21.7. The maximum absolute atomic E-state index is 13.0. The lowest BCUT2D eigenvalue weighted by molar-refractivity contribution is 0.0996. The van der Waals surface area contributed by atoms with Gasteiger partial charge in [-0.25, -0.2) is 0 Å². The number of thiazole rings is 1. The second-order valence-electron chi connectivity index (χ2n) is 6.17. The van der Waals surface area contributed by atoms with E-state index in [2.05, 4.69) is 4.99 Å². The molecule has 1 heterocycles. The molecule has 1 amide bonds. The molecular weight excluding hydrogens is 408 g/mol. The molecule has 0 saturated heterocycles. The Balaban J connectivity index is 2.16. The van der Waals surface area contributed by atoms with Gasteiger partial charge in [0.05, 0.1) is 39.7 Å². The number of nitrogens with zero attached hydrogens (tertiary/aromatic N) is 2. The summed E-state index contributed by atoms with van der Waals surface area (Å²) in [6.45, 7) is 0.994. The van der Waals surface area contributed by atoms with Crippen LogP contribution in [0.3, 0.4) is 0 Å². The molecule has 0 aliphatic carbocycles. The lowest BCUT2D eigenvalue weighted by Gasteiger charge is -2.12. The highest BCUT2D eigenvalue weighted by atomic mass is 32.1. The Kier molecular flexibility index (Phi) is 6.96. The summed E-state index contributed by atoms with van der Waals surface area (Å²) >= 11 is 1.41. The van der Waals surface area contributed by atoms with Gasteiger partial charge in [-0.05, 0) is 24.3 Å². The van der Waals surface area contributed by atoms with E-state index >= 15 is 0 Å². The standard InChI is InChI=1S/C21H24N2O6S/c1-25-10-9-23-18-14(26-2)7-6-8-17(18)30-21(23)22-20(24)13-11-15(27-3)19(29-5)16(12-13)28-4/h6-8,11-12H,9-10H2,1-5H3. The number of fused-ring (bicyclic) bond motifs is 1. The van der Waals surface area contributed by atoms with Crippen molar-refractivity contribution in [3.8, 4) is 23.0 Å². The Morgan fingerprint density at radius 1 is 0.967 bits per heavy atom. The number of rotatable bonds is 8. The summed E-state index contributed by atoms with van der Waals surface area (Å²) in [6, 6.07) is 8.92. The van der Waals surface area contributed by atoms with Crippen LogP contribution in [-0.4, -0.2) is 52.6 Å². The summed E-state index contributed by atoms with van der Waals surface area (Å²) in [5, 5.41) is 0. The zero-order valence-corrected chi connectivity index (χ0v) is 18.4. The van der Waals surface area contributed by atoms with Gasteiger partial charge < -0.3 is 28.3 Å². The topological polar surface area (TPSA) is 80.5 Å². The maximum Gasteiger partial charge on any atom is 0.279 e. The molecule has 0 unspecified atom stereocenters. The van der Waals surface area contributed by atoms with Gasteiger partial charge in [0.1, 0.15) is 11.3 Å². The zero-order valence-electron chi connectivity index (χ0n) is 17.6. The fraction of sp³-hybridized carbons (Fsp3) is 0.333. The quantitative estimate of drug-likeness (QED) is 0.544. The molecule has 0 radical (unpaired) electrons. The Morgan fingerprint density at radius 3 is 2.20 bits per heavy atom. The number of carbonyl (C=O) groups is 1. The molecule has 0 spiro atoms. The van der Waals surface area contributed by atoms with E-state index in [9.17, 15) is 4.79 Å². The minimum atomic E-state index is -0.425. The van der Waals surface area contributed by atoms with Gasteiger partial charge in [-0.15, -0.1) is 0 Å². The van der Waals surface area contributed by atoms with Crippen LogP contribution >= 0.6 is 11.3 Å². The third kappa shape index (κ3) is 4.12. The number of methoxy groups -OCH3 is 5. The van der Waals surface area contributed by atoms with E-state index in [4.69, 9.17) is 23.7 Å².